The molecule has 2 aromatic carbocycles. The van der Waals surface area contributed by atoms with E-state index in [2.05, 4.69) is 16.0 Å². The summed E-state index contributed by atoms with van der Waals surface area (Å²) in [5.74, 6) is -0.576. The van der Waals surface area contributed by atoms with E-state index in [0.29, 0.717) is 11.6 Å². The smallest absolute Gasteiger partial charge is 0.325 e. The zero-order valence-electron chi connectivity index (χ0n) is 15.6. The second-order valence-electron chi connectivity index (χ2n) is 7.53. The molecule has 0 saturated carbocycles. The fourth-order valence-electron chi connectivity index (χ4n) is 4.34. The highest BCUT2D eigenvalue weighted by atomic mass is 35.5. The summed E-state index contributed by atoms with van der Waals surface area (Å²) >= 11 is 7.81. The minimum atomic E-state index is -0.828. The van der Waals surface area contributed by atoms with Gasteiger partial charge >= 0.3 is 5.97 Å². The Kier molecular flexibility index (Phi) is 4.78. The van der Waals surface area contributed by atoms with E-state index in [-0.39, 0.29) is 5.92 Å². The molecule has 1 fully saturated rings. The van der Waals surface area contributed by atoms with Gasteiger partial charge in [0.25, 0.3) is 0 Å². The van der Waals surface area contributed by atoms with Crippen molar-refractivity contribution in [3.8, 4) is 0 Å². The number of thiazole rings is 1. The van der Waals surface area contributed by atoms with Crippen LogP contribution in [-0.2, 0) is 4.79 Å². The first kappa shape index (κ1) is 18.6. The number of halogens is 1. The zero-order chi connectivity index (χ0) is 20.0. The van der Waals surface area contributed by atoms with E-state index in [9.17, 15) is 9.90 Å². The summed E-state index contributed by atoms with van der Waals surface area (Å²) in [6, 6.07) is 13.0. The number of aliphatic carboxylic acids is 1. The Labute approximate surface area is 176 Å². The van der Waals surface area contributed by atoms with Gasteiger partial charge in [-0.2, -0.15) is 0 Å². The third-order valence-electron chi connectivity index (χ3n) is 5.68. The maximum atomic E-state index is 12.3. The molecule has 5 rings (SSSR count). The minimum Gasteiger partial charge on any atom is -0.480 e. The standard InChI is InChI=1S/C22H20ClN3O2S/c23-14-7-8-15-16(11-24-18(15)10-14)20(22(27)28)26-9-3-4-13(12-26)21-25-17-5-1-2-6-19(17)29-21/h1-2,5-8,10-11,13,20,24H,3-4,9,12H2,(H,27,28)/t13-,20+/m1/s1. The molecule has 0 bridgehead atoms. The monoisotopic (exact) mass is 425 g/mol. The van der Waals surface area contributed by atoms with Crippen LogP contribution in [0.1, 0.15) is 35.4 Å². The summed E-state index contributed by atoms with van der Waals surface area (Å²) in [4.78, 5) is 22.4. The van der Waals surface area contributed by atoms with E-state index in [1.165, 1.54) is 4.70 Å². The second-order valence-corrected chi connectivity index (χ2v) is 9.03. The number of fused-ring (bicyclic) bond motifs is 2. The van der Waals surface area contributed by atoms with Crippen molar-refractivity contribution >= 4 is 50.0 Å². The molecule has 5 nitrogen and oxygen atoms in total. The summed E-state index contributed by atoms with van der Waals surface area (Å²) in [6.45, 7) is 1.45. The number of aromatic amines is 1. The van der Waals surface area contributed by atoms with Crippen LogP contribution in [0.4, 0.5) is 0 Å². The van der Waals surface area contributed by atoms with Crippen LogP contribution in [0.2, 0.25) is 5.02 Å². The molecule has 148 valence electrons. The molecule has 2 atom stereocenters. The average molecular weight is 426 g/mol. The van der Waals surface area contributed by atoms with Crippen LogP contribution in [-0.4, -0.2) is 39.0 Å². The number of piperidine rings is 1. The fraction of sp³-hybridized carbons (Fsp3) is 0.273. The number of nitrogens with zero attached hydrogens (tertiary/aromatic N) is 2. The quantitative estimate of drug-likeness (QED) is 0.457. The van der Waals surface area contributed by atoms with E-state index in [4.69, 9.17) is 16.6 Å². The van der Waals surface area contributed by atoms with E-state index in [1.54, 1.807) is 23.6 Å². The third kappa shape index (κ3) is 3.41. The van der Waals surface area contributed by atoms with Gasteiger partial charge in [-0.3, -0.25) is 9.69 Å². The normalized spacial score (nSPS) is 19.0. The summed E-state index contributed by atoms with van der Waals surface area (Å²) in [5.41, 5.74) is 2.67. The Morgan fingerprint density at radius 2 is 2.17 bits per heavy atom. The minimum absolute atomic E-state index is 0.252. The maximum absolute atomic E-state index is 12.3. The molecule has 0 radical (unpaired) electrons. The Morgan fingerprint density at radius 3 is 3.00 bits per heavy atom. The molecule has 0 spiro atoms. The average Bonchev–Trinajstić information content (AvgIpc) is 3.32. The van der Waals surface area contributed by atoms with Crippen molar-refractivity contribution in [2.24, 2.45) is 0 Å². The number of nitrogens with one attached hydrogen (secondary N) is 1. The van der Waals surface area contributed by atoms with E-state index in [0.717, 1.165) is 46.4 Å². The molecule has 3 heterocycles. The zero-order valence-corrected chi connectivity index (χ0v) is 17.2. The number of carbonyl (C=O) groups is 1. The Morgan fingerprint density at radius 1 is 1.31 bits per heavy atom. The van der Waals surface area contributed by atoms with Crippen LogP contribution in [0.25, 0.3) is 21.1 Å². The van der Waals surface area contributed by atoms with E-state index >= 15 is 0 Å². The Balaban J connectivity index is 1.47. The highest BCUT2D eigenvalue weighted by molar-refractivity contribution is 7.18. The maximum Gasteiger partial charge on any atom is 0.325 e. The van der Waals surface area contributed by atoms with Crippen molar-refractivity contribution in [3.63, 3.8) is 0 Å². The lowest BCUT2D eigenvalue weighted by atomic mass is 9.95. The molecule has 2 N–H and O–H groups in total. The van der Waals surface area contributed by atoms with Crippen molar-refractivity contribution in [3.05, 3.63) is 64.3 Å². The van der Waals surface area contributed by atoms with Gasteiger partial charge in [-0.25, -0.2) is 4.98 Å². The number of hydrogen-bond acceptors (Lipinski definition) is 4. The molecule has 0 unspecified atom stereocenters. The predicted octanol–water partition coefficient (Wildman–Crippen LogP) is 5.44. The van der Waals surface area contributed by atoms with Crippen LogP contribution in [0, 0.1) is 0 Å². The van der Waals surface area contributed by atoms with Crippen LogP contribution >= 0.6 is 22.9 Å². The Bertz CT molecular complexity index is 1170. The third-order valence-corrected chi connectivity index (χ3v) is 7.12. The number of para-hydroxylation sites is 1. The predicted molar refractivity (Wildman–Crippen MR) is 117 cm³/mol. The van der Waals surface area contributed by atoms with E-state index in [1.807, 2.05) is 30.3 Å². The summed E-state index contributed by atoms with van der Waals surface area (Å²) in [7, 11) is 0. The SMILES string of the molecule is O=C(O)[C@H](c1c[nH]c2cc(Cl)ccc12)N1CCC[C@@H](c2nc3ccccc3s2)C1. The number of aromatic nitrogens is 2. The van der Waals surface area contributed by atoms with Gasteiger partial charge in [0.1, 0.15) is 6.04 Å². The van der Waals surface area contributed by atoms with Crippen LogP contribution in [0.15, 0.2) is 48.7 Å². The van der Waals surface area contributed by atoms with Crippen molar-refractivity contribution in [2.75, 3.05) is 13.1 Å². The van der Waals surface area contributed by atoms with Crippen LogP contribution in [0.3, 0.4) is 0 Å². The van der Waals surface area contributed by atoms with Crippen LogP contribution in [0.5, 0.6) is 0 Å². The van der Waals surface area contributed by atoms with Gasteiger partial charge in [-0.1, -0.05) is 29.8 Å². The molecule has 7 heteroatoms. The number of rotatable bonds is 4. The number of carboxylic acid groups (broad SMARTS) is 1. The van der Waals surface area contributed by atoms with Gasteiger partial charge < -0.3 is 10.1 Å². The topological polar surface area (TPSA) is 69.2 Å². The first-order chi connectivity index (χ1) is 14.1. The number of benzene rings is 2. The van der Waals surface area contributed by atoms with Gasteiger partial charge in [-0.05, 0) is 43.7 Å². The number of hydrogen-bond donors (Lipinski definition) is 2. The van der Waals surface area contributed by atoms with Gasteiger partial charge in [0, 0.05) is 40.1 Å². The first-order valence-electron chi connectivity index (χ1n) is 9.69. The molecule has 1 saturated heterocycles. The summed E-state index contributed by atoms with van der Waals surface area (Å²) < 4.78 is 1.18. The number of carboxylic acids is 1. The molecule has 4 aromatic rings. The molecule has 1 aliphatic heterocycles. The second kappa shape index (κ2) is 7.44. The fourth-order valence-corrected chi connectivity index (χ4v) is 5.61. The largest absolute Gasteiger partial charge is 0.480 e. The molecule has 29 heavy (non-hydrogen) atoms. The number of likely N-dealkylation sites (tertiary alicyclic amines) is 1. The van der Waals surface area contributed by atoms with Crippen molar-refractivity contribution in [1.29, 1.82) is 0 Å². The molecule has 0 amide bonds. The van der Waals surface area contributed by atoms with Gasteiger partial charge in [0.05, 0.1) is 15.2 Å². The van der Waals surface area contributed by atoms with Gasteiger partial charge in [0.15, 0.2) is 0 Å². The van der Waals surface area contributed by atoms with Gasteiger partial charge in [-0.15, -0.1) is 11.3 Å². The molecule has 0 aliphatic carbocycles. The summed E-state index contributed by atoms with van der Waals surface area (Å²) in [6.07, 6.45) is 3.80. The first-order valence-corrected chi connectivity index (χ1v) is 10.9. The molecular weight excluding hydrogens is 406 g/mol. The highest BCUT2D eigenvalue weighted by Gasteiger charge is 2.34. The van der Waals surface area contributed by atoms with Crippen molar-refractivity contribution in [2.45, 2.75) is 24.8 Å². The van der Waals surface area contributed by atoms with Crippen LogP contribution < -0.4 is 0 Å². The van der Waals surface area contributed by atoms with E-state index < -0.39 is 12.0 Å². The molecular formula is C22H20ClN3O2S. The molecule has 1 aliphatic rings. The lowest BCUT2D eigenvalue weighted by Gasteiger charge is -2.35. The lowest BCUT2D eigenvalue weighted by molar-refractivity contribution is -0.144. The molecule has 2 aromatic heterocycles. The Hall–Kier alpha value is -2.41. The summed E-state index contributed by atoms with van der Waals surface area (Å²) in [5, 5.41) is 12.7. The highest BCUT2D eigenvalue weighted by Crippen LogP contribution is 2.37. The van der Waals surface area contributed by atoms with Crippen molar-refractivity contribution in [1.82, 2.24) is 14.9 Å². The van der Waals surface area contributed by atoms with Gasteiger partial charge in [0.2, 0.25) is 0 Å². The number of H-pyrrole nitrogens is 1. The van der Waals surface area contributed by atoms with Crippen molar-refractivity contribution < 1.29 is 9.90 Å². The lowest BCUT2D eigenvalue weighted by Crippen LogP contribution is -2.40.